The van der Waals surface area contributed by atoms with Crippen molar-refractivity contribution in [3.8, 4) is 5.75 Å². The Labute approximate surface area is 116 Å². The summed E-state index contributed by atoms with van der Waals surface area (Å²) in [4.78, 5) is 0. The minimum atomic E-state index is 0.163. The van der Waals surface area contributed by atoms with Gasteiger partial charge in [0.15, 0.2) is 0 Å². The van der Waals surface area contributed by atoms with Gasteiger partial charge in [-0.15, -0.1) is 0 Å². The Hall–Kier alpha value is -1.06. The van der Waals surface area contributed by atoms with Crippen LogP contribution in [-0.4, -0.2) is 24.9 Å². The molecule has 0 heterocycles. The molecule has 0 aliphatic rings. The topological polar surface area (TPSA) is 55.5 Å². The summed E-state index contributed by atoms with van der Waals surface area (Å²) in [6, 6.07) is 4.19. The van der Waals surface area contributed by atoms with E-state index in [0.29, 0.717) is 19.1 Å². The molecule has 0 spiro atoms. The first kappa shape index (κ1) is 16.0. The highest BCUT2D eigenvalue weighted by atomic mass is 16.5. The third-order valence-electron chi connectivity index (χ3n) is 3.65. The number of ether oxygens (including phenoxy) is 1. The van der Waals surface area contributed by atoms with Gasteiger partial charge in [0.05, 0.1) is 6.61 Å². The maximum absolute atomic E-state index is 9.27. The molecular weight excluding hydrogens is 238 g/mol. The Morgan fingerprint density at radius 1 is 1.26 bits per heavy atom. The van der Waals surface area contributed by atoms with E-state index in [2.05, 4.69) is 32.9 Å². The molecule has 0 radical (unpaired) electrons. The molecule has 0 fully saturated rings. The minimum absolute atomic E-state index is 0.163. The molecule has 19 heavy (non-hydrogen) atoms. The van der Waals surface area contributed by atoms with E-state index in [1.807, 2.05) is 6.92 Å². The van der Waals surface area contributed by atoms with E-state index in [-0.39, 0.29) is 12.5 Å². The summed E-state index contributed by atoms with van der Waals surface area (Å²) in [7, 11) is 0. The van der Waals surface area contributed by atoms with Gasteiger partial charge in [-0.3, -0.25) is 0 Å². The SMILES string of the molecule is CCOc1cc(C)c(C(C)CC(CN)CO)c(C)c1. The van der Waals surface area contributed by atoms with Crippen molar-refractivity contribution in [1.29, 1.82) is 0 Å². The van der Waals surface area contributed by atoms with Crippen LogP contribution in [0, 0.1) is 19.8 Å². The molecule has 0 saturated carbocycles. The van der Waals surface area contributed by atoms with Crippen molar-refractivity contribution in [2.75, 3.05) is 19.8 Å². The van der Waals surface area contributed by atoms with Crippen molar-refractivity contribution < 1.29 is 9.84 Å². The highest BCUT2D eigenvalue weighted by Gasteiger charge is 2.17. The first-order chi connectivity index (χ1) is 9.03. The van der Waals surface area contributed by atoms with Crippen LogP contribution in [0.4, 0.5) is 0 Å². The quantitative estimate of drug-likeness (QED) is 0.797. The Morgan fingerprint density at radius 3 is 2.26 bits per heavy atom. The van der Waals surface area contributed by atoms with Gasteiger partial charge in [-0.25, -0.2) is 0 Å². The molecule has 0 saturated heterocycles. The molecule has 0 aromatic heterocycles. The van der Waals surface area contributed by atoms with Gasteiger partial charge in [-0.1, -0.05) is 6.92 Å². The zero-order valence-corrected chi connectivity index (χ0v) is 12.6. The fourth-order valence-corrected chi connectivity index (χ4v) is 2.83. The largest absolute Gasteiger partial charge is 0.494 e. The number of benzene rings is 1. The lowest BCUT2D eigenvalue weighted by molar-refractivity contribution is 0.217. The molecule has 2 unspecified atom stereocenters. The van der Waals surface area contributed by atoms with Crippen LogP contribution >= 0.6 is 0 Å². The van der Waals surface area contributed by atoms with Gasteiger partial charge < -0.3 is 15.6 Å². The lowest BCUT2D eigenvalue weighted by Crippen LogP contribution is -2.20. The lowest BCUT2D eigenvalue weighted by Gasteiger charge is -2.22. The zero-order valence-electron chi connectivity index (χ0n) is 12.6. The van der Waals surface area contributed by atoms with Crippen molar-refractivity contribution in [3.05, 3.63) is 28.8 Å². The van der Waals surface area contributed by atoms with Crippen LogP contribution in [0.15, 0.2) is 12.1 Å². The average Bonchev–Trinajstić information content (AvgIpc) is 2.35. The van der Waals surface area contributed by atoms with E-state index in [1.165, 1.54) is 16.7 Å². The maximum atomic E-state index is 9.27. The first-order valence-electron chi connectivity index (χ1n) is 7.08. The molecule has 0 aliphatic carbocycles. The third kappa shape index (κ3) is 4.22. The molecule has 0 bridgehead atoms. The lowest BCUT2D eigenvalue weighted by atomic mass is 9.85. The van der Waals surface area contributed by atoms with Gasteiger partial charge in [0.2, 0.25) is 0 Å². The molecule has 1 rings (SSSR count). The standard InChI is InChI=1S/C16H27NO2/c1-5-19-15-7-12(3)16(13(4)8-15)11(2)6-14(9-17)10-18/h7-8,11,14,18H,5-6,9-10,17H2,1-4H3. The Balaban J connectivity index is 2.93. The van der Waals surface area contributed by atoms with Gasteiger partial charge in [0.1, 0.15) is 5.75 Å². The third-order valence-corrected chi connectivity index (χ3v) is 3.65. The molecule has 1 aromatic rings. The monoisotopic (exact) mass is 265 g/mol. The van der Waals surface area contributed by atoms with Crippen LogP contribution in [0.2, 0.25) is 0 Å². The molecule has 0 aliphatic heterocycles. The van der Waals surface area contributed by atoms with E-state index in [1.54, 1.807) is 0 Å². The summed E-state index contributed by atoms with van der Waals surface area (Å²) in [6.07, 6.45) is 0.919. The maximum Gasteiger partial charge on any atom is 0.119 e. The predicted octanol–water partition coefficient (Wildman–Crippen LogP) is 2.76. The normalized spacial score (nSPS) is 14.2. The molecule has 2 atom stereocenters. The Kier molecular flexibility index (Phi) is 6.32. The van der Waals surface area contributed by atoms with E-state index >= 15 is 0 Å². The predicted molar refractivity (Wildman–Crippen MR) is 79.7 cm³/mol. The molecule has 3 heteroatoms. The van der Waals surface area contributed by atoms with Gasteiger partial charge in [0.25, 0.3) is 0 Å². The fourth-order valence-electron chi connectivity index (χ4n) is 2.83. The van der Waals surface area contributed by atoms with Crippen LogP contribution in [0.1, 0.15) is 42.9 Å². The van der Waals surface area contributed by atoms with Gasteiger partial charge in [-0.05, 0) is 74.4 Å². The van der Waals surface area contributed by atoms with Gasteiger partial charge in [0, 0.05) is 6.61 Å². The van der Waals surface area contributed by atoms with Crippen LogP contribution in [0.5, 0.6) is 5.75 Å². The second-order valence-corrected chi connectivity index (χ2v) is 5.32. The number of hydrogen-bond acceptors (Lipinski definition) is 3. The van der Waals surface area contributed by atoms with Crippen molar-refractivity contribution in [3.63, 3.8) is 0 Å². The summed E-state index contributed by atoms with van der Waals surface area (Å²) in [5.41, 5.74) is 9.53. The van der Waals surface area contributed by atoms with Crippen molar-refractivity contribution >= 4 is 0 Å². The summed E-state index contributed by atoms with van der Waals surface area (Å²) in [5.74, 6) is 1.52. The Bertz CT molecular complexity index is 377. The molecular formula is C16H27NO2. The van der Waals surface area contributed by atoms with Crippen LogP contribution in [0.3, 0.4) is 0 Å². The number of hydrogen-bond donors (Lipinski definition) is 2. The summed E-state index contributed by atoms with van der Waals surface area (Å²) in [6.45, 7) is 9.83. The minimum Gasteiger partial charge on any atom is -0.494 e. The second-order valence-electron chi connectivity index (χ2n) is 5.32. The van der Waals surface area contributed by atoms with Gasteiger partial charge >= 0.3 is 0 Å². The smallest absolute Gasteiger partial charge is 0.119 e. The first-order valence-corrected chi connectivity index (χ1v) is 7.08. The van der Waals surface area contributed by atoms with E-state index in [0.717, 1.165) is 12.2 Å². The molecule has 108 valence electrons. The number of aryl methyl sites for hydroxylation is 2. The fraction of sp³-hybridized carbons (Fsp3) is 0.625. The Morgan fingerprint density at radius 2 is 1.84 bits per heavy atom. The number of rotatable bonds is 7. The van der Waals surface area contributed by atoms with Crippen molar-refractivity contribution in [1.82, 2.24) is 0 Å². The molecule has 0 amide bonds. The van der Waals surface area contributed by atoms with E-state index < -0.39 is 0 Å². The molecule has 1 aromatic carbocycles. The van der Waals surface area contributed by atoms with Crippen LogP contribution < -0.4 is 10.5 Å². The summed E-state index contributed by atoms with van der Waals surface area (Å²) in [5, 5.41) is 9.27. The number of nitrogens with two attached hydrogens (primary N) is 1. The van der Waals surface area contributed by atoms with Crippen molar-refractivity contribution in [2.45, 2.75) is 40.0 Å². The second kappa shape index (κ2) is 7.51. The van der Waals surface area contributed by atoms with Crippen LogP contribution in [-0.2, 0) is 0 Å². The highest BCUT2D eigenvalue weighted by molar-refractivity contribution is 5.43. The number of aliphatic hydroxyl groups excluding tert-OH is 1. The number of aliphatic hydroxyl groups is 1. The average molecular weight is 265 g/mol. The zero-order chi connectivity index (χ0) is 14.4. The highest BCUT2D eigenvalue weighted by Crippen LogP contribution is 2.31. The summed E-state index contributed by atoms with van der Waals surface area (Å²) >= 11 is 0. The van der Waals surface area contributed by atoms with Crippen LogP contribution in [0.25, 0.3) is 0 Å². The van der Waals surface area contributed by atoms with Crippen molar-refractivity contribution in [2.24, 2.45) is 11.7 Å². The van der Waals surface area contributed by atoms with Gasteiger partial charge in [-0.2, -0.15) is 0 Å². The molecule has 3 nitrogen and oxygen atoms in total. The summed E-state index contributed by atoms with van der Waals surface area (Å²) < 4.78 is 5.57. The van der Waals surface area contributed by atoms with E-state index in [4.69, 9.17) is 10.5 Å². The van der Waals surface area contributed by atoms with E-state index in [9.17, 15) is 5.11 Å². The molecule has 3 N–H and O–H groups in total.